The van der Waals surface area contributed by atoms with E-state index < -0.39 is 0 Å². The van der Waals surface area contributed by atoms with Crippen LogP contribution in [-0.2, 0) is 4.74 Å². The smallest absolute Gasteiger partial charge is 0.243 e. The Hall–Kier alpha value is -0.570. The summed E-state index contributed by atoms with van der Waals surface area (Å²) >= 11 is 0. The summed E-state index contributed by atoms with van der Waals surface area (Å²) < 4.78 is 7.59. The highest BCUT2D eigenvalue weighted by Crippen LogP contribution is 1.98. The van der Waals surface area contributed by atoms with Gasteiger partial charge in [-0.05, 0) is 6.92 Å². The lowest BCUT2D eigenvalue weighted by Gasteiger charge is -2.09. The molecule has 0 aromatic heterocycles. The van der Waals surface area contributed by atoms with E-state index in [4.69, 9.17) is 4.74 Å². The fourth-order valence-electron chi connectivity index (χ4n) is 1.43. The van der Waals surface area contributed by atoms with Gasteiger partial charge in [0.25, 0.3) is 0 Å². The summed E-state index contributed by atoms with van der Waals surface area (Å²) in [5, 5.41) is 0. The van der Waals surface area contributed by atoms with Crippen molar-refractivity contribution < 1.29 is 9.31 Å². The first-order valence-corrected chi connectivity index (χ1v) is 4.63. The Balaban J connectivity index is 2.26. The van der Waals surface area contributed by atoms with E-state index >= 15 is 0 Å². The highest BCUT2D eigenvalue weighted by atomic mass is 16.5. The Kier molecular flexibility index (Phi) is 3.53. The molecule has 70 valence electrons. The second-order valence-corrected chi connectivity index (χ2v) is 3.15. The van der Waals surface area contributed by atoms with Crippen LogP contribution in [0, 0.1) is 0 Å². The Bertz CT molecular complexity index is 177. The predicted octanol–water partition coefficient (Wildman–Crippen LogP) is 0.399. The number of amidine groups is 1. The van der Waals surface area contributed by atoms with Crippen LogP contribution in [0.5, 0.6) is 0 Å². The van der Waals surface area contributed by atoms with Gasteiger partial charge < -0.3 is 4.74 Å². The summed E-state index contributed by atoms with van der Waals surface area (Å²) in [6, 6.07) is 0. The quantitative estimate of drug-likeness (QED) is 0.449. The minimum Gasteiger partial charge on any atom is -0.378 e. The third-order valence-electron chi connectivity index (χ3n) is 2.43. The lowest BCUT2D eigenvalue weighted by atomic mass is 10.5. The molecule has 0 aliphatic carbocycles. The first-order valence-electron chi connectivity index (χ1n) is 4.63. The largest absolute Gasteiger partial charge is 0.378 e. The number of likely N-dealkylation sites (N-methyl/N-ethyl adjacent to an activating group) is 1. The molecule has 12 heavy (non-hydrogen) atoms. The molecule has 0 fully saturated rings. The molecule has 1 aliphatic heterocycles. The fraction of sp³-hybridized carbons (Fsp3) is 0.889. The van der Waals surface area contributed by atoms with Gasteiger partial charge in [0, 0.05) is 13.5 Å². The molecule has 3 heteroatoms. The third-order valence-corrected chi connectivity index (χ3v) is 2.43. The second-order valence-electron chi connectivity index (χ2n) is 3.15. The minimum absolute atomic E-state index is 0.822. The van der Waals surface area contributed by atoms with Gasteiger partial charge in [-0.1, -0.05) is 0 Å². The molecule has 0 radical (unpaired) electrons. The molecule has 1 aliphatic rings. The summed E-state index contributed by atoms with van der Waals surface area (Å²) in [7, 11) is 2.13. The summed E-state index contributed by atoms with van der Waals surface area (Å²) in [6.45, 7) is 9.20. The summed E-state index contributed by atoms with van der Waals surface area (Å²) in [5.74, 6) is 1.37. The summed E-state index contributed by atoms with van der Waals surface area (Å²) in [6.07, 6.45) is 0. The first-order chi connectivity index (χ1) is 5.75. The van der Waals surface area contributed by atoms with Crippen LogP contribution < -0.4 is 0 Å². The highest BCUT2D eigenvalue weighted by molar-refractivity contribution is 5.75. The van der Waals surface area contributed by atoms with E-state index in [1.54, 1.807) is 0 Å². The number of nitrogens with zero attached hydrogens (tertiary/aromatic N) is 2. The number of rotatable bonds is 4. The van der Waals surface area contributed by atoms with Crippen molar-refractivity contribution in [3.05, 3.63) is 0 Å². The zero-order valence-corrected chi connectivity index (χ0v) is 8.34. The van der Waals surface area contributed by atoms with Crippen LogP contribution in [0.25, 0.3) is 0 Å². The van der Waals surface area contributed by atoms with Gasteiger partial charge in [-0.25, -0.2) is 0 Å². The molecular weight excluding hydrogens is 152 g/mol. The lowest BCUT2D eigenvalue weighted by molar-refractivity contribution is -0.487. The van der Waals surface area contributed by atoms with E-state index in [0.29, 0.717) is 0 Å². The van der Waals surface area contributed by atoms with Gasteiger partial charge in [0.05, 0.1) is 13.7 Å². The van der Waals surface area contributed by atoms with Crippen molar-refractivity contribution in [2.45, 2.75) is 13.8 Å². The molecule has 0 unspecified atom stereocenters. The van der Waals surface area contributed by atoms with Gasteiger partial charge in [0.2, 0.25) is 5.84 Å². The maximum Gasteiger partial charge on any atom is 0.243 e. The summed E-state index contributed by atoms with van der Waals surface area (Å²) in [5.41, 5.74) is 0. The SMILES string of the molecule is CCOCCN1CC[N+](C)=C1C. The van der Waals surface area contributed by atoms with E-state index in [2.05, 4.69) is 23.4 Å². The zero-order chi connectivity index (χ0) is 8.97. The molecule has 1 heterocycles. The van der Waals surface area contributed by atoms with Gasteiger partial charge >= 0.3 is 0 Å². The van der Waals surface area contributed by atoms with Crippen LogP contribution in [0.4, 0.5) is 0 Å². The fourth-order valence-corrected chi connectivity index (χ4v) is 1.43. The second kappa shape index (κ2) is 4.45. The molecule has 0 aromatic rings. The molecule has 0 N–H and O–H groups in total. The van der Waals surface area contributed by atoms with E-state index in [9.17, 15) is 0 Å². The number of ether oxygens (including phenoxy) is 1. The zero-order valence-electron chi connectivity index (χ0n) is 8.34. The average Bonchev–Trinajstić information content (AvgIpc) is 2.36. The topological polar surface area (TPSA) is 15.5 Å². The summed E-state index contributed by atoms with van der Waals surface area (Å²) in [4.78, 5) is 2.37. The number of hydrogen-bond donors (Lipinski definition) is 0. The monoisotopic (exact) mass is 171 g/mol. The van der Waals surface area contributed by atoms with Crippen molar-refractivity contribution in [1.29, 1.82) is 0 Å². The molecule has 0 saturated heterocycles. The Morgan fingerprint density at radius 2 is 2.33 bits per heavy atom. The third kappa shape index (κ3) is 2.21. The Morgan fingerprint density at radius 3 is 2.83 bits per heavy atom. The maximum atomic E-state index is 5.31. The standard InChI is InChI=1S/C9H19N2O/c1-4-12-8-7-11-6-5-10(3)9(11)2/h4-8H2,1-3H3/q+1. The van der Waals surface area contributed by atoms with Crippen molar-refractivity contribution in [2.24, 2.45) is 0 Å². The van der Waals surface area contributed by atoms with Crippen molar-refractivity contribution >= 4 is 5.84 Å². The molecule has 0 aromatic carbocycles. The van der Waals surface area contributed by atoms with E-state index in [0.717, 1.165) is 32.8 Å². The molecule has 3 nitrogen and oxygen atoms in total. The van der Waals surface area contributed by atoms with E-state index in [-0.39, 0.29) is 0 Å². The van der Waals surface area contributed by atoms with Crippen LogP contribution in [0.3, 0.4) is 0 Å². The molecule has 0 bridgehead atoms. The van der Waals surface area contributed by atoms with Gasteiger partial charge in [-0.15, -0.1) is 0 Å². The molecule has 1 rings (SSSR count). The highest BCUT2D eigenvalue weighted by Gasteiger charge is 2.23. The molecule has 0 atom stereocenters. The molecular formula is C9H19N2O+. The Morgan fingerprint density at radius 1 is 1.58 bits per heavy atom. The van der Waals surface area contributed by atoms with Crippen LogP contribution >= 0.6 is 0 Å². The average molecular weight is 171 g/mol. The first kappa shape index (κ1) is 9.52. The van der Waals surface area contributed by atoms with Crippen LogP contribution in [0.2, 0.25) is 0 Å². The van der Waals surface area contributed by atoms with Crippen LogP contribution in [0.1, 0.15) is 13.8 Å². The van der Waals surface area contributed by atoms with Crippen molar-refractivity contribution in [1.82, 2.24) is 4.90 Å². The Labute approximate surface area is 74.6 Å². The van der Waals surface area contributed by atoms with E-state index in [1.165, 1.54) is 5.84 Å². The maximum absolute atomic E-state index is 5.31. The van der Waals surface area contributed by atoms with Gasteiger partial charge in [-0.3, -0.25) is 9.48 Å². The number of hydrogen-bond acceptors (Lipinski definition) is 2. The lowest BCUT2D eigenvalue weighted by Crippen LogP contribution is -2.30. The van der Waals surface area contributed by atoms with Crippen LogP contribution in [-0.4, -0.2) is 55.2 Å². The van der Waals surface area contributed by atoms with Crippen molar-refractivity contribution in [2.75, 3.05) is 39.9 Å². The van der Waals surface area contributed by atoms with Gasteiger partial charge in [-0.2, -0.15) is 0 Å². The molecule has 0 saturated carbocycles. The predicted molar refractivity (Wildman–Crippen MR) is 49.8 cm³/mol. The van der Waals surface area contributed by atoms with Crippen LogP contribution in [0.15, 0.2) is 0 Å². The van der Waals surface area contributed by atoms with Gasteiger partial charge in [0.15, 0.2) is 0 Å². The molecule has 0 spiro atoms. The van der Waals surface area contributed by atoms with E-state index in [1.807, 2.05) is 6.92 Å². The minimum atomic E-state index is 0.822. The van der Waals surface area contributed by atoms with Crippen molar-refractivity contribution in [3.63, 3.8) is 0 Å². The van der Waals surface area contributed by atoms with Gasteiger partial charge in [0.1, 0.15) is 19.6 Å². The van der Waals surface area contributed by atoms with Crippen molar-refractivity contribution in [3.8, 4) is 0 Å². The normalized spacial score (nSPS) is 17.8. The molecule has 0 amide bonds.